The molecule has 1 amide bonds. The van der Waals surface area contributed by atoms with Crippen LogP contribution in [-0.4, -0.2) is 49.7 Å². The second-order valence-electron chi connectivity index (χ2n) is 9.54. The molecule has 1 aliphatic carbocycles. The monoisotopic (exact) mass is 496 g/mol. The fraction of sp³-hybridized carbons (Fsp3) is 0.281. The van der Waals surface area contributed by atoms with Gasteiger partial charge in [0, 0.05) is 33.3 Å². The Bertz CT molecular complexity index is 1210. The van der Waals surface area contributed by atoms with Gasteiger partial charge in [0.2, 0.25) is 5.91 Å². The number of benzene rings is 3. The van der Waals surface area contributed by atoms with E-state index in [2.05, 4.69) is 47.8 Å². The van der Waals surface area contributed by atoms with E-state index in [-0.39, 0.29) is 11.7 Å². The molecule has 37 heavy (non-hydrogen) atoms. The molecule has 3 aromatic carbocycles. The number of carbonyl (C=O) groups is 1. The summed E-state index contributed by atoms with van der Waals surface area (Å²) in [6, 6.07) is 26.5. The maximum atomic E-state index is 11.6. The number of carbonyl (C=O) groups excluding carboxylic acids is 1. The smallest absolute Gasteiger partial charge is 0.245 e. The minimum Gasteiger partial charge on any atom is -0.508 e. The zero-order valence-electron chi connectivity index (χ0n) is 21.7. The summed E-state index contributed by atoms with van der Waals surface area (Å²) in [5.41, 5.74) is 6.07. The summed E-state index contributed by atoms with van der Waals surface area (Å²) >= 11 is 0. The normalized spacial score (nSPS) is 14.2. The largest absolute Gasteiger partial charge is 0.508 e. The number of aromatic hydroxyl groups is 1. The SMILES string of the molecule is CN(C)C(=O)/C=C/CNCCOc1ccc(/C(=C(\c2ccccc2)C2CCC2)c2ccc(O)cc2)cc1. The summed E-state index contributed by atoms with van der Waals surface area (Å²) in [4.78, 5) is 13.1. The third-order valence-electron chi connectivity index (χ3n) is 6.68. The third kappa shape index (κ3) is 7.11. The van der Waals surface area contributed by atoms with Crippen molar-refractivity contribution in [3.05, 3.63) is 108 Å². The van der Waals surface area contributed by atoms with Crippen LogP contribution in [0.4, 0.5) is 0 Å². The van der Waals surface area contributed by atoms with Crippen LogP contribution in [0, 0.1) is 5.92 Å². The van der Waals surface area contributed by atoms with Gasteiger partial charge in [0.25, 0.3) is 0 Å². The Hall–Kier alpha value is -3.83. The van der Waals surface area contributed by atoms with Crippen LogP contribution in [0.15, 0.2) is 91.0 Å². The molecule has 0 heterocycles. The number of nitrogens with one attached hydrogen (secondary N) is 1. The zero-order chi connectivity index (χ0) is 26.0. The summed E-state index contributed by atoms with van der Waals surface area (Å²) in [6.07, 6.45) is 7.03. The zero-order valence-corrected chi connectivity index (χ0v) is 21.7. The molecular weight excluding hydrogens is 460 g/mol. The predicted molar refractivity (Wildman–Crippen MR) is 150 cm³/mol. The molecule has 1 saturated carbocycles. The Morgan fingerprint density at radius 1 is 0.946 bits per heavy atom. The highest BCUT2D eigenvalue weighted by Gasteiger charge is 2.27. The quantitative estimate of drug-likeness (QED) is 0.201. The molecule has 2 N–H and O–H groups in total. The lowest BCUT2D eigenvalue weighted by Gasteiger charge is -2.31. The number of hydrogen-bond acceptors (Lipinski definition) is 4. The van der Waals surface area contributed by atoms with Gasteiger partial charge in [-0.25, -0.2) is 0 Å². The number of ether oxygens (including phenoxy) is 1. The minimum absolute atomic E-state index is 0.0217. The first-order chi connectivity index (χ1) is 18.0. The van der Waals surface area contributed by atoms with Gasteiger partial charge in [0.1, 0.15) is 18.1 Å². The first-order valence-corrected chi connectivity index (χ1v) is 12.9. The molecule has 0 bridgehead atoms. The fourth-order valence-corrected chi connectivity index (χ4v) is 4.46. The second kappa shape index (κ2) is 12.9. The maximum Gasteiger partial charge on any atom is 0.245 e. The molecule has 1 aliphatic rings. The molecule has 5 nitrogen and oxygen atoms in total. The summed E-state index contributed by atoms with van der Waals surface area (Å²) in [7, 11) is 3.47. The summed E-state index contributed by atoms with van der Waals surface area (Å²) in [5, 5.41) is 13.2. The molecule has 192 valence electrons. The summed E-state index contributed by atoms with van der Waals surface area (Å²) < 4.78 is 5.94. The number of likely N-dealkylation sites (N-methyl/N-ethyl adjacent to an activating group) is 1. The lowest BCUT2D eigenvalue weighted by Crippen LogP contribution is -2.22. The molecule has 0 aromatic heterocycles. The van der Waals surface area contributed by atoms with Gasteiger partial charge >= 0.3 is 0 Å². The van der Waals surface area contributed by atoms with Crippen LogP contribution in [0.5, 0.6) is 11.5 Å². The van der Waals surface area contributed by atoms with Crippen molar-refractivity contribution in [1.29, 1.82) is 0 Å². The lowest BCUT2D eigenvalue weighted by molar-refractivity contribution is -0.123. The topological polar surface area (TPSA) is 61.8 Å². The number of hydrogen-bond donors (Lipinski definition) is 2. The van der Waals surface area contributed by atoms with Crippen LogP contribution in [0.3, 0.4) is 0 Å². The van der Waals surface area contributed by atoms with E-state index in [9.17, 15) is 9.90 Å². The van der Waals surface area contributed by atoms with Gasteiger partial charge in [-0.3, -0.25) is 4.79 Å². The van der Waals surface area contributed by atoms with E-state index in [1.807, 2.05) is 30.3 Å². The van der Waals surface area contributed by atoms with Crippen LogP contribution in [-0.2, 0) is 4.79 Å². The van der Waals surface area contributed by atoms with Crippen molar-refractivity contribution in [3.63, 3.8) is 0 Å². The minimum atomic E-state index is -0.0217. The molecule has 1 fully saturated rings. The number of allylic oxidation sites excluding steroid dienone is 1. The molecule has 3 aromatic rings. The molecule has 0 unspecified atom stereocenters. The van der Waals surface area contributed by atoms with Crippen molar-refractivity contribution in [2.24, 2.45) is 5.92 Å². The average Bonchev–Trinajstić information content (AvgIpc) is 2.88. The molecule has 0 spiro atoms. The fourth-order valence-electron chi connectivity index (χ4n) is 4.46. The van der Waals surface area contributed by atoms with E-state index < -0.39 is 0 Å². The number of amides is 1. The van der Waals surface area contributed by atoms with Crippen LogP contribution in [0.25, 0.3) is 11.1 Å². The first kappa shape index (κ1) is 26.2. The van der Waals surface area contributed by atoms with E-state index >= 15 is 0 Å². The first-order valence-electron chi connectivity index (χ1n) is 12.9. The maximum absolute atomic E-state index is 11.6. The molecule has 4 rings (SSSR count). The second-order valence-corrected chi connectivity index (χ2v) is 9.54. The number of phenolic OH excluding ortho intramolecular Hbond substituents is 1. The van der Waals surface area contributed by atoms with Crippen molar-refractivity contribution < 1.29 is 14.6 Å². The molecule has 0 radical (unpaired) electrons. The predicted octanol–water partition coefficient (Wildman–Crippen LogP) is 5.76. The molecule has 0 aliphatic heterocycles. The van der Waals surface area contributed by atoms with Gasteiger partial charge in [0.05, 0.1) is 0 Å². The highest BCUT2D eigenvalue weighted by atomic mass is 16.5. The van der Waals surface area contributed by atoms with E-state index in [1.54, 1.807) is 37.2 Å². The lowest BCUT2D eigenvalue weighted by atomic mass is 9.73. The van der Waals surface area contributed by atoms with Gasteiger partial charge < -0.3 is 20.1 Å². The van der Waals surface area contributed by atoms with Gasteiger partial charge in [-0.1, -0.05) is 67.1 Å². The average molecular weight is 497 g/mol. The highest BCUT2D eigenvalue weighted by molar-refractivity contribution is 5.99. The van der Waals surface area contributed by atoms with Crippen LogP contribution >= 0.6 is 0 Å². The number of rotatable bonds is 11. The van der Waals surface area contributed by atoms with Gasteiger partial charge in [-0.2, -0.15) is 0 Å². The van der Waals surface area contributed by atoms with Crippen molar-refractivity contribution in [2.75, 3.05) is 33.8 Å². The standard InChI is InChI=1S/C32H36N2O3/c1-34(2)30(36)12-7-21-33-22-23-37-29-19-15-27(16-20-29)32(26-13-17-28(35)18-14-26)31(25-10-6-11-25)24-8-4-3-5-9-24/h3-5,7-9,12-20,25,33,35H,6,10-11,21-23H2,1-2H3/b12-7+,32-31+. The number of nitrogens with zero attached hydrogens (tertiary/aromatic N) is 1. The van der Waals surface area contributed by atoms with Crippen molar-refractivity contribution in [2.45, 2.75) is 19.3 Å². The van der Waals surface area contributed by atoms with Crippen molar-refractivity contribution in [3.8, 4) is 11.5 Å². The van der Waals surface area contributed by atoms with E-state index in [0.29, 0.717) is 25.6 Å². The Kier molecular flexibility index (Phi) is 9.17. The molecule has 0 atom stereocenters. The molecule has 5 heteroatoms. The summed E-state index contributed by atoms with van der Waals surface area (Å²) in [6.45, 7) is 1.83. The highest BCUT2D eigenvalue weighted by Crippen LogP contribution is 2.45. The van der Waals surface area contributed by atoms with Gasteiger partial charge in [-0.15, -0.1) is 0 Å². The van der Waals surface area contributed by atoms with E-state index in [4.69, 9.17) is 4.74 Å². The number of phenols is 1. The Morgan fingerprint density at radius 3 is 2.19 bits per heavy atom. The van der Waals surface area contributed by atoms with Crippen LogP contribution in [0.2, 0.25) is 0 Å². The third-order valence-corrected chi connectivity index (χ3v) is 6.68. The van der Waals surface area contributed by atoms with Crippen molar-refractivity contribution >= 4 is 17.1 Å². The van der Waals surface area contributed by atoms with Crippen LogP contribution < -0.4 is 10.1 Å². The Morgan fingerprint density at radius 2 is 1.59 bits per heavy atom. The van der Waals surface area contributed by atoms with Gasteiger partial charge in [-0.05, 0) is 70.9 Å². The van der Waals surface area contributed by atoms with E-state index in [0.717, 1.165) is 16.9 Å². The van der Waals surface area contributed by atoms with Crippen LogP contribution in [0.1, 0.15) is 36.0 Å². The summed E-state index contributed by atoms with van der Waals surface area (Å²) in [5.74, 6) is 1.59. The Labute approximate surface area is 220 Å². The molecular formula is C32H36N2O3. The Balaban J connectivity index is 1.50. The molecule has 0 saturated heterocycles. The van der Waals surface area contributed by atoms with E-state index in [1.165, 1.54) is 36.0 Å². The van der Waals surface area contributed by atoms with Gasteiger partial charge in [0.15, 0.2) is 0 Å². The van der Waals surface area contributed by atoms with Crippen molar-refractivity contribution in [1.82, 2.24) is 10.2 Å².